The van der Waals surface area contributed by atoms with Crippen LogP contribution in [0.25, 0.3) is 0 Å². The van der Waals surface area contributed by atoms with Crippen molar-refractivity contribution >= 4 is 27.4 Å². The molecule has 1 heterocycles. The molecular weight excluding hydrogens is 228 g/mol. The number of aryl methyl sites for hydroxylation is 1. The molecule has 2 aliphatic rings. The first-order chi connectivity index (χ1) is 7.55. The molecule has 16 heavy (non-hydrogen) atoms. The van der Waals surface area contributed by atoms with E-state index in [0.717, 1.165) is 18.4 Å². The van der Waals surface area contributed by atoms with Gasteiger partial charge in [0.1, 0.15) is 0 Å². The van der Waals surface area contributed by atoms with Gasteiger partial charge in [0.2, 0.25) is 0 Å². The van der Waals surface area contributed by atoms with E-state index in [1.165, 1.54) is 0 Å². The molecular formula is C10H10N2O3S. The van der Waals surface area contributed by atoms with Gasteiger partial charge in [-0.15, -0.1) is 0 Å². The monoisotopic (exact) mass is 238 g/mol. The molecule has 84 valence electrons. The molecule has 0 spiro atoms. The molecule has 6 heteroatoms. The zero-order valence-corrected chi connectivity index (χ0v) is 9.23. The summed E-state index contributed by atoms with van der Waals surface area (Å²) in [6.45, 7) is 0. The molecule has 0 amide bonds. The number of anilines is 2. The van der Waals surface area contributed by atoms with E-state index in [9.17, 15) is 13.2 Å². The van der Waals surface area contributed by atoms with Crippen LogP contribution in [0.3, 0.4) is 0 Å². The largest absolute Gasteiger partial charge is 0.321 e. The first-order valence-electron chi connectivity index (χ1n) is 5.06. The summed E-state index contributed by atoms with van der Waals surface area (Å²) in [6, 6.07) is 3.38. The quantitative estimate of drug-likeness (QED) is 0.715. The molecule has 3 rings (SSSR count). The summed E-state index contributed by atoms with van der Waals surface area (Å²) >= 11 is 0. The van der Waals surface area contributed by atoms with E-state index in [-0.39, 0.29) is 5.78 Å². The third-order valence-electron chi connectivity index (χ3n) is 2.88. The van der Waals surface area contributed by atoms with Crippen LogP contribution < -0.4 is 9.44 Å². The molecule has 0 atom stereocenters. The minimum Gasteiger partial charge on any atom is -0.294 e. The summed E-state index contributed by atoms with van der Waals surface area (Å²) < 4.78 is 27.3. The van der Waals surface area contributed by atoms with Gasteiger partial charge in [0.15, 0.2) is 5.78 Å². The van der Waals surface area contributed by atoms with Gasteiger partial charge in [0.25, 0.3) is 0 Å². The Labute approximate surface area is 93.0 Å². The van der Waals surface area contributed by atoms with Gasteiger partial charge in [0.05, 0.1) is 11.4 Å². The van der Waals surface area contributed by atoms with E-state index in [1.807, 2.05) is 0 Å². The SMILES string of the molecule is O=C1CCCc2cc3c(cc21)NS(=O)(=O)N3. The van der Waals surface area contributed by atoms with Gasteiger partial charge in [-0.05, 0) is 30.5 Å². The summed E-state index contributed by atoms with van der Waals surface area (Å²) in [5.74, 6) is 0.0927. The zero-order valence-electron chi connectivity index (χ0n) is 8.41. The van der Waals surface area contributed by atoms with Crippen molar-refractivity contribution in [2.75, 3.05) is 9.44 Å². The Morgan fingerprint density at radius 1 is 1.06 bits per heavy atom. The average Bonchev–Trinajstić information content (AvgIpc) is 2.48. The van der Waals surface area contributed by atoms with Crippen LogP contribution in [0.1, 0.15) is 28.8 Å². The van der Waals surface area contributed by atoms with Gasteiger partial charge < -0.3 is 0 Å². The average molecular weight is 238 g/mol. The summed E-state index contributed by atoms with van der Waals surface area (Å²) in [5.41, 5.74) is 2.58. The van der Waals surface area contributed by atoms with Crippen LogP contribution in [-0.4, -0.2) is 14.2 Å². The van der Waals surface area contributed by atoms with Crippen LogP contribution >= 0.6 is 0 Å². The van der Waals surface area contributed by atoms with Crippen molar-refractivity contribution in [3.05, 3.63) is 23.3 Å². The Bertz CT molecular complexity index is 592. The van der Waals surface area contributed by atoms with Gasteiger partial charge in [-0.25, -0.2) is 0 Å². The normalized spacial score (nSPS) is 20.6. The molecule has 1 aromatic carbocycles. The van der Waals surface area contributed by atoms with E-state index in [4.69, 9.17) is 0 Å². The lowest BCUT2D eigenvalue weighted by Gasteiger charge is -2.15. The van der Waals surface area contributed by atoms with E-state index in [1.54, 1.807) is 12.1 Å². The third kappa shape index (κ3) is 1.37. The predicted molar refractivity (Wildman–Crippen MR) is 59.9 cm³/mol. The molecule has 0 fully saturated rings. The summed E-state index contributed by atoms with van der Waals surface area (Å²) in [4.78, 5) is 11.6. The summed E-state index contributed by atoms with van der Waals surface area (Å²) in [5, 5.41) is 0. The van der Waals surface area contributed by atoms with Crippen molar-refractivity contribution in [1.82, 2.24) is 0 Å². The molecule has 0 saturated carbocycles. The Kier molecular flexibility index (Phi) is 1.79. The lowest BCUT2D eigenvalue weighted by atomic mass is 9.90. The molecule has 0 aromatic heterocycles. The van der Waals surface area contributed by atoms with Crippen LogP contribution in [0.15, 0.2) is 12.1 Å². The maximum atomic E-state index is 11.6. The molecule has 1 aliphatic carbocycles. The molecule has 0 saturated heterocycles. The second-order valence-corrected chi connectivity index (χ2v) is 5.45. The van der Waals surface area contributed by atoms with Gasteiger partial charge >= 0.3 is 10.2 Å². The van der Waals surface area contributed by atoms with E-state index >= 15 is 0 Å². The molecule has 5 nitrogen and oxygen atoms in total. The minimum absolute atomic E-state index is 0.0927. The van der Waals surface area contributed by atoms with Gasteiger partial charge in [-0.3, -0.25) is 14.2 Å². The topological polar surface area (TPSA) is 75.3 Å². The Balaban J connectivity index is 2.17. The van der Waals surface area contributed by atoms with Crippen molar-refractivity contribution in [1.29, 1.82) is 0 Å². The zero-order chi connectivity index (χ0) is 11.3. The molecule has 0 radical (unpaired) electrons. The van der Waals surface area contributed by atoms with Crippen molar-refractivity contribution in [2.45, 2.75) is 19.3 Å². The minimum atomic E-state index is -3.46. The second kappa shape index (κ2) is 2.98. The second-order valence-electron chi connectivity index (χ2n) is 4.04. The lowest BCUT2D eigenvalue weighted by Crippen LogP contribution is -2.12. The first-order valence-corrected chi connectivity index (χ1v) is 6.54. The maximum absolute atomic E-state index is 11.6. The smallest absolute Gasteiger partial charge is 0.294 e. The van der Waals surface area contributed by atoms with Crippen LogP contribution in [0.2, 0.25) is 0 Å². The number of carbonyl (C=O) groups excluding carboxylic acids is 1. The number of carbonyl (C=O) groups is 1. The van der Waals surface area contributed by atoms with E-state index < -0.39 is 10.2 Å². The first kappa shape index (κ1) is 9.65. The maximum Gasteiger partial charge on any atom is 0.321 e. The Morgan fingerprint density at radius 2 is 1.75 bits per heavy atom. The predicted octanol–water partition coefficient (Wildman–Crippen LogP) is 1.29. The number of nitrogens with one attached hydrogen (secondary N) is 2. The summed E-state index contributed by atoms with van der Waals surface area (Å²) in [7, 11) is -3.46. The highest BCUT2D eigenvalue weighted by Crippen LogP contribution is 2.35. The van der Waals surface area contributed by atoms with Crippen molar-refractivity contribution in [2.24, 2.45) is 0 Å². The molecule has 1 aliphatic heterocycles. The van der Waals surface area contributed by atoms with Crippen molar-refractivity contribution < 1.29 is 13.2 Å². The highest BCUT2D eigenvalue weighted by atomic mass is 32.2. The number of hydrogen-bond acceptors (Lipinski definition) is 3. The number of benzene rings is 1. The highest BCUT2D eigenvalue weighted by molar-refractivity contribution is 7.94. The number of ketones is 1. The molecule has 2 N–H and O–H groups in total. The fourth-order valence-corrected chi connectivity index (χ4v) is 3.14. The number of rotatable bonds is 0. The Morgan fingerprint density at radius 3 is 2.50 bits per heavy atom. The van der Waals surface area contributed by atoms with Gasteiger partial charge in [-0.2, -0.15) is 8.42 Å². The van der Waals surface area contributed by atoms with E-state index in [2.05, 4.69) is 9.44 Å². The standard InChI is InChI=1S/C10H10N2O3S/c13-10-3-1-2-6-4-8-9(5-7(6)10)12-16(14,15)11-8/h4-5,11-12H,1-3H2. The van der Waals surface area contributed by atoms with Gasteiger partial charge in [0, 0.05) is 12.0 Å². The van der Waals surface area contributed by atoms with E-state index in [0.29, 0.717) is 23.4 Å². The van der Waals surface area contributed by atoms with Crippen LogP contribution in [0.5, 0.6) is 0 Å². The van der Waals surface area contributed by atoms with Gasteiger partial charge in [-0.1, -0.05) is 0 Å². The number of fused-ring (bicyclic) bond motifs is 2. The molecule has 1 aromatic rings. The number of hydrogen-bond donors (Lipinski definition) is 2. The Hall–Kier alpha value is -1.56. The molecule has 0 unspecified atom stereocenters. The lowest BCUT2D eigenvalue weighted by molar-refractivity contribution is 0.0972. The van der Waals surface area contributed by atoms with Crippen LogP contribution in [0.4, 0.5) is 11.4 Å². The highest BCUT2D eigenvalue weighted by Gasteiger charge is 2.26. The third-order valence-corrected chi connectivity index (χ3v) is 3.86. The van der Waals surface area contributed by atoms with Crippen molar-refractivity contribution in [3.8, 4) is 0 Å². The molecule has 0 bridgehead atoms. The number of Topliss-reactive ketones (excluding diaryl/α,β-unsaturated/α-hetero) is 1. The fraction of sp³-hybridized carbons (Fsp3) is 0.300. The van der Waals surface area contributed by atoms with Crippen LogP contribution in [-0.2, 0) is 16.6 Å². The fourth-order valence-electron chi connectivity index (χ4n) is 2.17. The van der Waals surface area contributed by atoms with Crippen LogP contribution in [0, 0.1) is 0 Å². The summed E-state index contributed by atoms with van der Waals surface area (Å²) in [6.07, 6.45) is 2.22. The van der Waals surface area contributed by atoms with Crippen molar-refractivity contribution in [3.63, 3.8) is 0 Å².